The SMILES string of the molecule is O=C(CCCOC(=O)C1CC2c3ccccc3C1c1ccccc12)Oc1c(F)c(F)c(S(=O)(=O)[O-])c(F)c1F. The molecule has 0 spiro atoms. The van der Waals surface area contributed by atoms with Crippen LogP contribution in [0.1, 0.15) is 53.4 Å². The van der Waals surface area contributed by atoms with E-state index in [1.165, 1.54) is 11.1 Å². The summed E-state index contributed by atoms with van der Waals surface area (Å²) in [5, 5.41) is 0. The van der Waals surface area contributed by atoms with E-state index in [4.69, 9.17) is 4.74 Å². The molecule has 6 rings (SSSR count). The molecule has 2 bridgehead atoms. The third-order valence-corrected chi connectivity index (χ3v) is 7.88. The molecule has 0 radical (unpaired) electrons. The molecule has 0 aliphatic heterocycles. The van der Waals surface area contributed by atoms with Crippen LogP contribution in [0, 0.1) is 29.2 Å². The largest absolute Gasteiger partial charge is 0.744 e. The zero-order valence-electron chi connectivity index (χ0n) is 20.0. The van der Waals surface area contributed by atoms with Crippen molar-refractivity contribution in [2.24, 2.45) is 5.92 Å². The number of fused-ring (bicyclic) bond motifs is 1. The van der Waals surface area contributed by atoms with Crippen molar-refractivity contribution >= 4 is 22.1 Å². The summed E-state index contributed by atoms with van der Waals surface area (Å²) in [6.45, 7) is -0.244. The predicted molar refractivity (Wildman–Crippen MR) is 125 cm³/mol. The Kier molecular flexibility index (Phi) is 6.93. The van der Waals surface area contributed by atoms with Crippen LogP contribution >= 0.6 is 0 Å². The van der Waals surface area contributed by atoms with Crippen LogP contribution in [0.15, 0.2) is 53.4 Å². The molecule has 0 saturated carbocycles. The van der Waals surface area contributed by atoms with Gasteiger partial charge in [0.05, 0.1) is 12.5 Å². The van der Waals surface area contributed by atoms with E-state index in [0.29, 0.717) is 6.42 Å². The number of hydrogen-bond acceptors (Lipinski definition) is 7. The molecule has 204 valence electrons. The van der Waals surface area contributed by atoms with E-state index < -0.39 is 68.3 Å². The van der Waals surface area contributed by atoms with Crippen molar-refractivity contribution in [3.05, 3.63) is 94.1 Å². The minimum absolute atomic E-state index is 0.0310. The molecule has 7 nitrogen and oxygen atoms in total. The summed E-state index contributed by atoms with van der Waals surface area (Å²) in [4.78, 5) is 22.7. The van der Waals surface area contributed by atoms with Gasteiger partial charge in [0.25, 0.3) is 0 Å². The topological polar surface area (TPSA) is 110 Å². The molecule has 0 N–H and O–H groups in total. The third-order valence-electron chi connectivity index (χ3n) is 7.03. The predicted octanol–water partition coefficient (Wildman–Crippen LogP) is 4.67. The zero-order chi connectivity index (χ0) is 28.1. The van der Waals surface area contributed by atoms with Crippen molar-refractivity contribution in [3.8, 4) is 5.75 Å². The van der Waals surface area contributed by atoms with Crippen LogP contribution in [0.25, 0.3) is 0 Å². The summed E-state index contributed by atoms with van der Waals surface area (Å²) in [6, 6.07) is 15.8. The quantitative estimate of drug-likeness (QED) is 0.103. The van der Waals surface area contributed by atoms with Gasteiger partial charge in [-0.15, -0.1) is 0 Å². The lowest BCUT2D eigenvalue weighted by Crippen LogP contribution is -2.37. The number of carbonyl (C=O) groups excluding carboxylic acids is 2. The number of esters is 2. The normalized spacial score (nSPS) is 19.3. The number of hydrogen-bond donors (Lipinski definition) is 0. The van der Waals surface area contributed by atoms with Crippen molar-refractivity contribution in [1.29, 1.82) is 0 Å². The monoisotopic (exact) mass is 563 g/mol. The first kappa shape index (κ1) is 26.8. The lowest BCUT2D eigenvalue weighted by Gasteiger charge is -2.44. The first-order chi connectivity index (χ1) is 18.5. The molecule has 0 saturated heterocycles. The van der Waals surface area contributed by atoms with Gasteiger partial charge in [-0.3, -0.25) is 9.59 Å². The fourth-order valence-electron chi connectivity index (χ4n) is 5.43. The Labute approximate surface area is 220 Å². The Balaban J connectivity index is 1.21. The number of halogens is 4. The van der Waals surface area contributed by atoms with E-state index in [2.05, 4.69) is 4.74 Å². The van der Waals surface area contributed by atoms with Crippen molar-refractivity contribution in [3.63, 3.8) is 0 Å². The standard InChI is InChI=1S/C27H20F4O7S/c28-21-23(30)26(39(34,35)36)24(31)22(29)25(21)38-19(32)10-5-11-37-27(33)18-12-17-13-6-1-3-8-15(13)20(18)16-9-4-2-7-14(16)17/h1-4,6-9,17-18,20H,5,10-12H2,(H,34,35,36)/p-1. The Bertz CT molecular complexity index is 1530. The van der Waals surface area contributed by atoms with Gasteiger partial charge in [-0.05, 0) is 35.1 Å². The first-order valence-corrected chi connectivity index (χ1v) is 13.3. The van der Waals surface area contributed by atoms with E-state index in [-0.39, 0.29) is 24.9 Å². The van der Waals surface area contributed by atoms with Gasteiger partial charge >= 0.3 is 11.9 Å². The van der Waals surface area contributed by atoms with E-state index in [9.17, 15) is 40.1 Å². The second-order valence-electron chi connectivity index (χ2n) is 9.24. The molecule has 3 aromatic carbocycles. The first-order valence-electron chi connectivity index (χ1n) is 11.9. The van der Waals surface area contributed by atoms with E-state index in [1.807, 2.05) is 48.5 Å². The number of benzene rings is 3. The fourth-order valence-corrected chi connectivity index (χ4v) is 6.05. The Morgan fingerprint density at radius 2 is 1.36 bits per heavy atom. The molecule has 0 fully saturated rings. The molecule has 39 heavy (non-hydrogen) atoms. The molecule has 0 amide bonds. The summed E-state index contributed by atoms with van der Waals surface area (Å²) in [6.07, 6.45) is -0.149. The van der Waals surface area contributed by atoms with Crippen molar-refractivity contribution in [2.45, 2.75) is 36.0 Å². The van der Waals surface area contributed by atoms with Gasteiger partial charge in [-0.25, -0.2) is 17.2 Å². The minimum atomic E-state index is -5.89. The molecule has 3 aliphatic rings. The summed E-state index contributed by atoms with van der Waals surface area (Å²) < 4.78 is 98.2. The maximum atomic E-state index is 14.0. The molecule has 12 heteroatoms. The zero-order valence-corrected chi connectivity index (χ0v) is 20.8. The third kappa shape index (κ3) is 4.67. The molecule has 3 aromatic rings. The van der Waals surface area contributed by atoms with Crippen molar-refractivity contribution < 1.29 is 49.6 Å². The second-order valence-corrected chi connectivity index (χ2v) is 10.6. The van der Waals surface area contributed by atoms with Crippen molar-refractivity contribution in [2.75, 3.05) is 6.61 Å². The fraction of sp³-hybridized carbons (Fsp3) is 0.259. The minimum Gasteiger partial charge on any atom is -0.744 e. The number of carbonyl (C=O) groups is 2. The average molecular weight is 564 g/mol. The van der Waals surface area contributed by atoms with Gasteiger partial charge in [0.2, 0.25) is 17.4 Å². The van der Waals surface area contributed by atoms with Crippen LogP contribution in [-0.2, 0) is 24.4 Å². The second kappa shape index (κ2) is 10.1. The maximum absolute atomic E-state index is 14.0. The smallest absolute Gasteiger partial charge is 0.311 e. The average Bonchev–Trinajstić information content (AvgIpc) is 2.91. The molecule has 0 aromatic heterocycles. The number of ether oxygens (including phenoxy) is 2. The lowest BCUT2D eigenvalue weighted by molar-refractivity contribution is -0.150. The molecule has 0 heterocycles. The Morgan fingerprint density at radius 1 is 0.846 bits per heavy atom. The summed E-state index contributed by atoms with van der Waals surface area (Å²) in [5.74, 6) is -14.0. The van der Waals surface area contributed by atoms with Crippen molar-refractivity contribution in [1.82, 2.24) is 0 Å². The molecule has 3 aliphatic carbocycles. The molecule has 1 unspecified atom stereocenters. The highest BCUT2D eigenvalue weighted by molar-refractivity contribution is 7.85. The van der Waals surface area contributed by atoms with Crippen LogP contribution in [0.2, 0.25) is 0 Å². The van der Waals surface area contributed by atoms with Gasteiger partial charge < -0.3 is 14.0 Å². The maximum Gasteiger partial charge on any atom is 0.311 e. The van der Waals surface area contributed by atoms with Crippen LogP contribution < -0.4 is 4.74 Å². The van der Waals surface area contributed by atoms with Gasteiger partial charge in [-0.1, -0.05) is 48.5 Å². The van der Waals surface area contributed by atoms with Gasteiger partial charge in [-0.2, -0.15) is 8.78 Å². The Hall–Kier alpha value is -3.77. The van der Waals surface area contributed by atoms with E-state index >= 15 is 0 Å². The van der Waals surface area contributed by atoms with E-state index in [0.717, 1.165) is 11.1 Å². The summed E-state index contributed by atoms with van der Waals surface area (Å²) >= 11 is 0. The summed E-state index contributed by atoms with van der Waals surface area (Å²) in [7, 11) is -5.89. The lowest BCUT2D eigenvalue weighted by atomic mass is 9.59. The van der Waals surface area contributed by atoms with Gasteiger partial charge in [0, 0.05) is 18.3 Å². The van der Waals surface area contributed by atoms with Crippen LogP contribution in [0.5, 0.6) is 5.75 Å². The number of rotatable bonds is 7. The highest BCUT2D eigenvalue weighted by Crippen LogP contribution is 2.55. The Morgan fingerprint density at radius 3 is 1.87 bits per heavy atom. The molecule has 1 atom stereocenters. The van der Waals surface area contributed by atoms with Crippen LogP contribution in [-0.4, -0.2) is 31.5 Å². The van der Waals surface area contributed by atoms with Gasteiger partial charge in [0.15, 0.2) is 11.6 Å². The van der Waals surface area contributed by atoms with E-state index in [1.54, 1.807) is 0 Å². The van der Waals surface area contributed by atoms with Crippen LogP contribution in [0.3, 0.4) is 0 Å². The van der Waals surface area contributed by atoms with Gasteiger partial charge in [0.1, 0.15) is 15.0 Å². The highest BCUT2D eigenvalue weighted by Gasteiger charge is 2.46. The summed E-state index contributed by atoms with van der Waals surface area (Å²) in [5.41, 5.74) is 4.44. The molecular weight excluding hydrogens is 544 g/mol. The molecular formula is C27H19F4O7S-. The highest BCUT2D eigenvalue weighted by atomic mass is 32.2. The van der Waals surface area contributed by atoms with Crippen LogP contribution in [0.4, 0.5) is 17.6 Å².